The summed E-state index contributed by atoms with van der Waals surface area (Å²) in [4.78, 5) is 5.53. The molecule has 2 rings (SSSR count). The molecule has 7 heteroatoms. The molecular weight excluding hydrogens is 329 g/mol. The standard InChI is InChI=1S/C14H20N3OS.2ClH/c1-9-4-5-12(14(15)16-9)8-17-10(2)13(6-7-18)19-11(17)3;;/h4-5,18H,6-8H2,1-3H3,(H2,15,16);2*1H/q+1;;/p-1. The van der Waals surface area contributed by atoms with Gasteiger partial charge in [-0.15, -0.1) is 12.4 Å². The molecule has 0 saturated carbocycles. The Labute approximate surface area is 141 Å². The molecule has 0 atom stereocenters. The zero-order valence-electron chi connectivity index (χ0n) is 12.4. The van der Waals surface area contributed by atoms with Gasteiger partial charge in [-0.3, -0.25) is 0 Å². The molecule has 0 aliphatic carbocycles. The fourth-order valence-electron chi connectivity index (χ4n) is 2.17. The molecule has 0 unspecified atom stereocenters. The molecular formula is C14H21Cl2N3OS. The van der Waals surface area contributed by atoms with Crippen LogP contribution in [0.25, 0.3) is 0 Å². The predicted molar refractivity (Wildman–Crippen MR) is 84.5 cm³/mol. The third-order valence-corrected chi connectivity index (χ3v) is 4.54. The number of nitrogens with two attached hydrogens (primary N) is 1. The van der Waals surface area contributed by atoms with Crippen molar-refractivity contribution >= 4 is 29.6 Å². The second kappa shape index (κ2) is 8.54. The molecule has 2 aromatic heterocycles. The summed E-state index contributed by atoms with van der Waals surface area (Å²) in [5.41, 5.74) is 9.15. The Kier molecular flexibility index (Phi) is 8.18. The number of hydrogen-bond donors (Lipinski definition) is 2. The number of rotatable bonds is 4. The molecule has 21 heavy (non-hydrogen) atoms. The highest BCUT2D eigenvalue weighted by Crippen LogP contribution is 2.18. The average Bonchev–Trinajstić information content (AvgIpc) is 2.60. The third-order valence-electron chi connectivity index (χ3n) is 3.28. The van der Waals surface area contributed by atoms with E-state index in [-0.39, 0.29) is 31.4 Å². The lowest BCUT2D eigenvalue weighted by Gasteiger charge is -2.03. The number of anilines is 1. The normalized spacial score (nSPS) is 9.90. The summed E-state index contributed by atoms with van der Waals surface area (Å²) in [7, 11) is 0. The lowest BCUT2D eigenvalue weighted by Crippen LogP contribution is -3.00. The SMILES string of the molecule is Cc1ccc(C[n+]2c(C)sc(CCO)c2C)c(N)n1.Cl.[Cl-]. The van der Waals surface area contributed by atoms with E-state index in [9.17, 15) is 0 Å². The smallest absolute Gasteiger partial charge is 0.234 e. The maximum absolute atomic E-state index is 9.08. The van der Waals surface area contributed by atoms with Crippen molar-refractivity contribution < 1.29 is 22.1 Å². The van der Waals surface area contributed by atoms with E-state index in [0.29, 0.717) is 12.2 Å². The second-order valence-electron chi connectivity index (χ2n) is 4.69. The maximum atomic E-state index is 9.08. The molecule has 0 bridgehead atoms. The Bertz CT molecular complexity index is 602. The summed E-state index contributed by atoms with van der Waals surface area (Å²) in [5.74, 6) is 0.598. The number of aliphatic hydroxyl groups excluding tert-OH is 1. The van der Waals surface area contributed by atoms with Gasteiger partial charge in [0.05, 0.1) is 10.4 Å². The molecule has 0 spiro atoms. The van der Waals surface area contributed by atoms with Crippen LogP contribution in [-0.4, -0.2) is 16.7 Å². The summed E-state index contributed by atoms with van der Waals surface area (Å²) in [6, 6.07) is 4.02. The minimum absolute atomic E-state index is 0. The van der Waals surface area contributed by atoms with Crippen LogP contribution in [0, 0.1) is 20.8 Å². The molecule has 3 N–H and O–H groups in total. The number of hydrogen-bond acceptors (Lipinski definition) is 4. The van der Waals surface area contributed by atoms with Crippen LogP contribution in [-0.2, 0) is 13.0 Å². The van der Waals surface area contributed by atoms with Gasteiger partial charge in [0.2, 0.25) is 5.01 Å². The summed E-state index contributed by atoms with van der Waals surface area (Å²) in [5, 5.41) is 10.3. The summed E-state index contributed by atoms with van der Waals surface area (Å²) in [6.07, 6.45) is 0.714. The molecule has 4 nitrogen and oxygen atoms in total. The number of nitrogens with zero attached hydrogens (tertiary/aromatic N) is 2. The first-order chi connectivity index (χ1) is 9.02. The van der Waals surface area contributed by atoms with E-state index in [4.69, 9.17) is 10.8 Å². The minimum Gasteiger partial charge on any atom is -1.00 e. The fraction of sp³-hybridized carbons (Fsp3) is 0.429. The molecule has 0 fully saturated rings. The number of thiazole rings is 1. The Balaban J connectivity index is 0.00000200. The van der Waals surface area contributed by atoms with Crippen LogP contribution in [0.2, 0.25) is 0 Å². The van der Waals surface area contributed by atoms with Gasteiger partial charge in [0.1, 0.15) is 5.82 Å². The zero-order chi connectivity index (χ0) is 14.0. The second-order valence-corrected chi connectivity index (χ2v) is 5.97. The number of nitrogen functional groups attached to an aromatic ring is 1. The number of aliphatic hydroxyl groups is 1. The van der Waals surface area contributed by atoms with Gasteiger partial charge in [0.25, 0.3) is 0 Å². The van der Waals surface area contributed by atoms with Crippen LogP contribution in [0.5, 0.6) is 0 Å². The third kappa shape index (κ3) is 4.54. The van der Waals surface area contributed by atoms with E-state index in [0.717, 1.165) is 17.8 Å². The van der Waals surface area contributed by atoms with E-state index in [1.54, 1.807) is 11.3 Å². The van der Waals surface area contributed by atoms with Crippen molar-refractivity contribution in [3.8, 4) is 0 Å². The van der Waals surface area contributed by atoms with Crippen molar-refractivity contribution in [2.45, 2.75) is 33.7 Å². The van der Waals surface area contributed by atoms with E-state index in [2.05, 4.69) is 23.4 Å². The first-order valence-electron chi connectivity index (χ1n) is 6.34. The van der Waals surface area contributed by atoms with Crippen LogP contribution in [0.3, 0.4) is 0 Å². The van der Waals surface area contributed by atoms with E-state index >= 15 is 0 Å². The first-order valence-corrected chi connectivity index (χ1v) is 7.16. The highest BCUT2D eigenvalue weighted by atomic mass is 35.5. The van der Waals surface area contributed by atoms with Crippen LogP contribution in [0.4, 0.5) is 5.82 Å². The van der Waals surface area contributed by atoms with Crippen molar-refractivity contribution in [2.75, 3.05) is 12.3 Å². The predicted octanol–water partition coefficient (Wildman–Crippen LogP) is -1.05. The highest BCUT2D eigenvalue weighted by molar-refractivity contribution is 7.11. The van der Waals surface area contributed by atoms with Crippen molar-refractivity contribution in [1.82, 2.24) is 4.98 Å². The van der Waals surface area contributed by atoms with Crippen LogP contribution in [0.1, 0.15) is 26.8 Å². The minimum atomic E-state index is 0. The van der Waals surface area contributed by atoms with Gasteiger partial charge in [0, 0.05) is 32.6 Å². The van der Waals surface area contributed by atoms with Gasteiger partial charge in [-0.1, -0.05) is 11.3 Å². The van der Waals surface area contributed by atoms with Gasteiger partial charge in [-0.2, -0.15) is 4.57 Å². The molecule has 2 aromatic rings. The van der Waals surface area contributed by atoms with Crippen LogP contribution in [0.15, 0.2) is 12.1 Å². The van der Waals surface area contributed by atoms with Gasteiger partial charge in [0.15, 0.2) is 12.2 Å². The van der Waals surface area contributed by atoms with Crippen molar-refractivity contribution in [2.24, 2.45) is 0 Å². The Morgan fingerprint density at radius 1 is 1.29 bits per heavy atom. The molecule has 0 amide bonds. The topological polar surface area (TPSA) is 63.0 Å². The van der Waals surface area contributed by atoms with Crippen molar-refractivity contribution in [3.05, 3.63) is 39.0 Å². The molecule has 0 aliphatic heterocycles. The van der Waals surface area contributed by atoms with E-state index in [1.165, 1.54) is 15.6 Å². The maximum Gasteiger partial charge on any atom is 0.234 e. The lowest BCUT2D eigenvalue weighted by molar-refractivity contribution is -0.695. The number of pyridine rings is 1. The van der Waals surface area contributed by atoms with Crippen molar-refractivity contribution in [1.29, 1.82) is 0 Å². The van der Waals surface area contributed by atoms with Gasteiger partial charge in [-0.05, 0) is 19.1 Å². The van der Waals surface area contributed by atoms with E-state index < -0.39 is 0 Å². The van der Waals surface area contributed by atoms with Crippen LogP contribution >= 0.6 is 23.7 Å². The monoisotopic (exact) mass is 349 g/mol. The Hall–Kier alpha value is -0.880. The first kappa shape index (κ1) is 20.1. The molecule has 0 aliphatic rings. The number of aryl methyl sites for hydroxylation is 2. The molecule has 2 heterocycles. The Morgan fingerprint density at radius 3 is 2.52 bits per heavy atom. The highest BCUT2D eigenvalue weighted by Gasteiger charge is 2.21. The summed E-state index contributed by atoms with van der Waals surface area (Å²) >= 11 is 1.74. The number of aromatic nitrogens is 2. The van der Waals surface area contributed by atoms with Gasteiger partial charge >= 0.3 is 0 Å². The summed E-state index contributed by atoms with van der Waals surface area (Å²) < 4.78 is 2.23. The van der Waals surface area contributed by atoms with Crippen LogP contribution < -0.4 is 22.7 Å². The zero-order valence-corrected chi connectivity index (χ0v) is 14.8. The summed E-state index contributed by atoms with van der Waals surface area (Å²) in [6.45, 7) is 7.05. The lowest BCUT2D eigenvalue weighted by atomic mass is 10.2. The largest absolute Gasteiger partial charge is 1.00 e. The molecule has 0 radical (unpaired) electrons. The fourth-order valence-corrected chi connectivity index (χ4v) is 3.29. The van der Waals surface area contributed by atoms with Gasteiger partial charge < -0.3 is 23.2 Å². The van der Waals surface area contributed by atoms with E-state index in [1.807, 2.05) is 19.1 Å². The Morgan fingerprint density at radius 2 is 1.95 bits per heavy atom. The number of halogens is 2. The average molecular weight is 350 g/mol. The quantitative estimate of drug-likeness (QED) is 0.692. The van der Waals surface area contributed by atoms with Gasteiger partial charge in [-0.25, -0.2) is 4.98 Å². The molecule has 118 valence electrons. The molecule has 0 saturated heterocycles. The molecule has 0 aromatic carbocycles. The van der Waals surface area contributed by atoms with Crippen molar-refractivity contribution in [3.63, 3.8) is 0 Å².